The average Bonchev–Trinajstić information content (AvgIpc) is 2.18. The van der Waals surface area contributed by atoms with Crippen molar-refractivity contribution in [1.82, 2.24) is 0 Å². The second kappa shape index (κ2) is 4.52. The maximum atomic E-state index is 10.7. The van der Waals surface area contributed by atoms with Gasteiger partial charge in [-0.3, -0.25) is 0 Å². The van der Waals surface area contributed by atoms with Crippen LogP contribution in [0.1, 0.15) is 10.4 Å². The first kappa shape index (κ1) is 10.4. The third kappa shape index (κ3) is 1.97. The predicted molar refractivity (Wildman–Crippen MR) is 49.9 cm³/mol. The van der Waals surface area contributed by atoms with Crippen LogP contribution in [0, 0.1) is 0 Å². The van der Waals surface area contributed by atoms with Crippen molar-refractivity contribution in [2.75, 3.05) is 7.11 Å². The van der Waals surface area contributed by atoms with Gasteiger partial charge in [0.25, 0.3) is 0 Å². The van der Waals surface area contributed by atoms with E-state index in [9.17, 15) is 4.79 Å². The number of para-hydroxylation sites is 1. The third-order valence-corrected chi connectivity index (χ3v) is 1.63. The molecule has 0 heterocycles. The molecule has 0 amide bonds. The van der Waals surface area contributed by atoms with Gasteiger partial charge < -0.3 is 19.5 Å². The van der Waals surface area contributed by atoms with E-state index in [-0.39, 0.29) is 17.1 Å². The molecule has 0 aromatic heterocycles. The van der Waals surface area contributed by atoms with E-state index in [1.807, 2.05) is 0 Å². The lowest BCUT2D eigenvalue weighted by molar-refractivity contribution is 0.0692. The topological polar surface area (TPSA) is 76.0 Å². The Bertz CT molecular complexity index is 339. The van der Waals surface area contributed by atoms with E-state index < -0.39 is 13.7 Å². The molecule has 0 fully saturated rings. The summed E-state index contributed by atoms with van der Waals surface area (Å²) in [4.78, 5) is 10.7. The molecule has 0 atom stereocenters. The van der Waals surface area contributed by atoms with Crippen LogP contribution in [0.4, 0.5) is 0 Å². The number of aromatic carboxylic acids is 1. The Hall–Kier alpha value is -1.69. The maximum Gasteiger partial charge on any atom is 0.504 e. The van der Waals surface area contributed by atoms with Crippen molar-refractivity contribution in [1.29, 1.82) is 0 Å². The minimum absolute atomic E-state index is 0.00144. The van der Waals surface area contributed by atoms with Gasteiger partial charge in [0.2, 0.25) is 0 Å². The maximum absolute atomic E-state index is 10.7. The summed E-state index contributed by atoms with van der Waals surface area (Å²) in [6.07, 6.45) is 0. The van der Waals surface area contributed by atoms with Crippen LogP contribution in [-0.4, -0.2) is 30.9 Å². The van der Waals surface area contributed by atoms with Crippen LogP contribution in [0.25, 0.3) is 0 Å². The zero-order chi connectivity index (χ0) is 10.6. The number of carboxylic acid groups (broad SMARTS) is 1. The van der Waals surface area contributed by atoms with Crippen LogP contribution in [0.2, 0.25) is 0 Å². The van der Waals surface area contributed by atoms with E-state index in [0.717, 1.165) is 0 Å². The van der Waals surface area contributed by atoms with Gasteiger partial charge in [-0.25, -0.2) is 4.79 Å². The van der Waals surface area contributed by atoms with Crippen LogP contribution >= 0.6 is 0 Å². The van der Waals surface area contributed by atoms with Crippen molar-refractivity contribution in [3.05, 3.63) is 23.8 Å². The number of ether oxygens (including phenoxy) is 1. The minimum atomic E-state index is -1.11. The summed E-state index contributed by atoms with van der Waals surface area (Å²) in [5.41, 5.74) is -0.00144. The first-order chi connectivity index (χ1) is 6.70. The first-order valence-corrected chi connectivity index (χ1v) is 3.84. The van der Waals surface area contributed by atoms with Gasteiger partial charge in [0, 0.05) is 0 Å². The predicted octanol–water partition coefficient (Wildman–Crippen LogP) is 0.0310. The fraction of sp³-hybridized carbons (Fsp3) is 0.125. The van der Waals surface area contributed by atoms with Gasteiger partial charge in [-0.1, -0.05) is 6.07 Å². The quantitative estimate of drug-likeness (QED) is 0.664. The highest BCUT2D eigenvalue weighted by molar-refractivity contribution is 6.17. The summed E-state index contributed by atoms with van der Waals surface area (Å²) in [5.74, 6) is -0.797. The second-order valence-corrected chi connectivity index (χ2v) is 2.42. The second-order valence-electron chi connectivity index (χ2n) is 2.42. The van der Waals surface area contributed by atoms with Gasteiger partial charge in [-0.15, -0.1) is 0 Å². The highest BCUT2D eigenvalue weighted by Gasteiger charge is 2.15. The van der Waals surface area contributed by atoms with Crippen molar-refractivity contribution < 1.29 is 24.3 Å². The molecule has 1 aromatic rings. The molecule has 6 heteroatoms. The molecule has 2 N–H and O–H groups in total. The van der Waals surface area contributed by atoms with Gasteiger partial charge >= 0.3 is 13.7 Å². The Labute approximate surface area is 81.2 Å². The van der Waals surface area contributed by atoms with Crippen LogP contribution < -0.4 is 9.39 Å². The molecule has 0 saturated carbocycles. The molecule has 0 spiro atoms. The summed E-state index contributed by atoms with van der Waals surface area (Å²) in [7, 11) is 0.811. The number of carboxylic acids is 1. The molecule has 0 saturated heterocycles. The van der Waals surface area contributed by atoms with Crippen molar-refractivity contribution in [2.45, 2.75) is 0 Å². The zero-order valence-corrected chi connectivity index (χ0v) is 7.56. The summed E-state index contributed by atoms with van der Waals surface area (Å²) in [5, 5.41) is 17.3. The number of carbonyl (C=O) groups is 1. The molecule has 14 heavy (non-hydrogen) atoms. The number of benzene rings is 1. The fourth-order valence-corrected chi connectivity index (χ4v) is 1.08. The van der Waals surface area contributed by atoms with Gasteiger partial charge in [0.1, 0.15) is 11.3 Å². The van der Waals surface area contributed by atoms with E-state index in [4.69, 9.17) is 19.5 Å². The summed E-state index contributed by atoms with van der Waals surface area (Å²) >= 11 is 0. The Morgan fingerprint density at radius 3 is 2.71 bits per heavy atom. The number of methoxy groups -OCH3 is 1. The van der Waals surface area contributed by atoms with E-state index >= 15 is 0 Å². The van der Waals surface area contributed by atoms with Crippen LogP contribution in [0.5, 0.6) is 11.5 Å². The lowest BCUT2D eigenvalue weighted by atomic mass is 10.2. The molecule has 74 valence electrons. The third-order valence-electron chi connectivity index (χ3n) is 1.63. The molecule has 0 radical (unpaired) electrons. The van der Waals surface area contributed by atoms with Crippen molar-refractivity contribution in [3.8, 4) is 11.5 Å². The normalized spacial score (nSPS) is 9.29. The Morgan fingerprint density at radius 1 is 1.50 bits per heavy atom. The van der Waals surface area contributed by atoms with Gasteiger partial charge in [0.15, 0.2) is 5.75 Å². The fourth-order valence-electron chi connectivity index (χ4n) is 1.08. The van der Waals surface area contributed by atoms with Crippen LogP contribution in [-0.2, 0) is 0 Å². The standard InChI is InChI=1S/C8H9BO5/c1-13-7-5(8(10)11)3-2-4-6(7)14-9-12/h2-4,9,12H,1H3,(H,10,11). The molecule has 0 aliphatic carbocycles. The summed E-state index contributed by atoms with van der Waals surface area (Å²) < 4.78 is 9.66. The SMILES string of the molecule is COc1c(OBO)cccc1C(=O)O. The molecule has 0 aliphatic heterocycles. The van der Waals surface area contributed by atoms with Crippen molar-refractivity contribution >= 4 is 13.7 Å². The van der Waals surface area contributed by atoms with Gasteiger partial charge in [-0.2, -0.15) is 0 Å². The number of hydrogen-bond acceptors (Lipinski definition) is 4. The first-order valence-electron chi connectivity index (χ1n) is 3.84. The summed E-state index contributed by atoms with van der Waals surface area (Å²) in [6, 6.07) is 4.42. The molecule has 1 rings (SSSR count). The zero-order valence-electron chi connectivity index (χ0n) is 7.56. The van der Waals surface area contributed by atoms with E-state index in [1.54, 1.807) is 0 Å². The Balaban J connectivity index is 3.17. The smallest absolute Gasteiger partial charge is 0.504 e. The number of rotatable bonds is 4. The highest BCUT2D eigenvalue weighted by Crippen LogP contribution is 2.30. The van der Waals surface area contributed by atoms with E-state index in [0.29, 0.717) is 0 Å². The van der Waals surface area contributed by atoms with E-state index in [2.05, 4.69) is 0 Å². The molecular formula is C8H9BO5. The van der Waals surface area contributed by atoms with Crippen molar-refractivity contribution in [2.24, 2.45) is 0 Å². The molecular weight excluding hydrogens is 187 g/mol. The van der Waals surface area contributed by atoms with Gasteiger partial charge in [-0.05, 0) is 12.1 Å². The van der Waals surface area contributed by atoms with Crippen LogP contribution in [0.3, 0.4) is 0 Å². The van der Waals surface area contributed by atoms with E-state index in [1.165, 1.54) is 25.3 Å². The van der Waals surface area contributed by atoms with Crippen LogP contribution in [0.15, 0.2) is 18.2 Å². The lowest BCUT2D eigenvalue weighted by Crippen LogP contribution is -2.05. The average molecular weight is 196 g/mol. The Kier molecular flexibility index (Phi) is 3.36. The monoisotopic (exact) mass is 196 g/mol. The largest absolute Gasteiger partial charge is 0.536 e. The van der Waals surface area contributed by atoms with Crippen molar-refractivity contribution in [3.63, 3.8) is 0 Å². The number of hydrogen-bond donors (Lipinski definition) is 2. The lowest BCUT2D eigenvalue weighted by Gasteiger charge is -2.10. The summed E-state index contributed by atoms with van der Waals surface area (Å²) in [6.45, 7) is 0. The van der Waals surface area contributed by atoms with Gasteiger partial charge in [0.05, 0.1) is 7.11 Å². The molecule has 5 nitrogen and oxygen atoms in total. The molecule has 0 bridgehead atoms. The molecule has 0 unspecified atom stereocenters. The Morgan fingerprint density at radius 2 is 2.21 bits per heavy atom. The molecule has 0 aliphatic rings. The highest BCUT2D eigenvalue weighted by atomic mass is 16.5. The minimum Gasteiger partial charge on any atom is -0.536 e. The molecule has 1 aromatic carbocycles.